The highest BCUT2D eigenvalue weighted by Crippen LogP contribution is 2.21. The standard InChI is InChI=1S/C10H14F3N3/c1-14-8-5-9(7-15-6-8)16-4-2-3-10(11,12)13/h5-7,14,16H,2-4H2,1H3. The minimum Gasteiger partial charge on any atom is -0.387 e. The molecule has 1 aromatic rings. The van der Waals surface area contributed by atoms with Gasteiger partial charge in [-0.15, -0.1) is 0 Å². The molecule has 0 spiro atoms. The van der Waals surface area contributed by atoms with Crippen LogP contribution in [0.1, 0.15) is 12.8 Å². The summed E-state index contributed by atoms with van der Waals surface area (Å²) in [6.07, 6.45) is -1.56. The summed E-state index contributed by atoms with van der Waals surface area (Å²) in [6, 6.07) is 1.79. The van der Waals surface area contributed by atoms with Gasteiger partial charge in [0.1, 0.15) is 0 Å². The number of aromatic nitrogens is 1. The summed E-state index contributed by atoms with van der Waals surface area (Å²) in [4.78, 5) is 3.94. The smallest absolute Gasteiger partial charge is 0.387 e. The van der Waals surface area contributed by atoms with E-state index in [1.54, 1.807) is 25.5 Å². The molecule has 0 saturated carbocycles. The number of halogens is 3. The van der Waals surface area contributed by atoms with E-state index in [0.29, 0.717) is 5.69 Å². The summed E-state index contributed by atoms with van der Waals surface area (Å²) in [5.41, 5.74) is 1.54. The van der Waals surface area contributed by atoms with E-state index in [-0.39, 0.29) is 13.0 Å². The third-order valence-corrected chi connectivity index (χ3v) is 1.99. The van der Waals surface area contributed by atoms with Crippen molar-refractivity contribution in [2.75, 3.05) is 24.2 Å². The predicted molar refractivity (Wildman–Crippen MR) is 57.6 cm³/mol. The Balaban J connectivity index is 2.32. The molecule has 0 radical (unpaired) electrons. The lowest BCUT2D eigenvalue weighted by Gasteiger charge is -2.09. The van der Waals surface area contributed by atoms with Gasteiger partial charge >= 0.3 is 6.18 Å². The van der Waals surface area contributed by atoms with E-state index >= 15 is 0 Å². The van der Waals surface area contributed by atoms with Crippen molar-refractivity contribution < 1.29 is 13.2 Å². The van der Waals surface area contributed by atoms with Crippen LogP contribution in [0.4, 0.5) is 24.5 Å². The lowest BCUT2D eigenvalue weighted by Crippen LogP contribution is -2.11. The van der Waals surface area contributed by atoms with Crippen molar-refractivity contribution in [3.63, 3.8) is 0 Å². The molecule has 1 aromatic heterocycles. The van der Waals surface area contributed by atoms with E-state index in [1.807, 2.05) is 0 Å². The number of pyridine rings is 1. The maximum atomic E-state index is 11.9. The Morgan fingerprint density at radius 3 is 2.56 bits per heavy atom. The highest BCUT2D eigenvalue weighted by molar-refractivity contribution is 5.53. The normalized spacial score (nSPS) is 11.2. The van der Waals surface area contributed by atoms with Crippen molar-refractivity contribution in [3.05, 3.63) is 18.5 Å². The van der Waals surface area contributed by atoms with Crippen molar-refractivity contribution in [3.8, 4) is 0 Å². The summed E-state index contributed by atoms with van der Waals surface area (Å²) >= 11 is 0. The van der Waals surface area contributed by atoms with Gasteiger partial charge in [0.15, 0.2) is 0 Å². The third-order valence-electron chi connectivity index (χ3n) is 1.99. The monoisotopic (exact) mass is 233 g/mol. The first-order chi connectivity index (χ1) is 7.51. The first-order valence-corrected chi connectivity index (χ1v) is 4.95. The van der Waals surface area contributed by atoms with Gasteiger partial charge in [-0.1, -0.05) is 0 Å². The van der Waals surface area contributed by atoms with Gasteiger partial charge in [-0.3, -0.25) is 4.98 Å². The number of hydrogen-bond donors (Lipinski definition) is 2. The minimum absolute atomic E-state index is 0.0628. The Hall–Kier alpha value is -1.46. The Morgan fingerprint density at radius 2 is 1.94 bits per heavy atom. The molecule has 0 unspecified atom stereocenters. The second-order valence-electron chi connectivity index (χ2n) is 3.36. The second-order valence-corrected chi connectivity index (χ2v) is 3.36. The Bertz CT molecular complexity index is 325. The quantitative estimate of drug-likeness (QED) is 0.768. The van der Waals surface area contributed by atoms with Gasteiger partial charge < -0.3 is 10.6 Å². The number of rotatable bonds is 5. The summed E-state index contributed by atoms with van der Waals surface area (Å²) in [5.74, 6) is 0. The van der Waals surface area contributed by atoms with E-state index in [9.17, 15) is 13.2 Å². The average molecular weight is 233 g/mol. The highest BCUT2D eigenvalue weighted by atomic mass is 19.4. The third kappa shape index (κ3) is 4.86. The Labute approximate surface area is 92.1 Å². The van der Waals surface area contributed by atoms with Gasteiger partial charge in [-0.25, -0.2) is 0 Å². The van der Waals surface area contributed by atoms with E-state index < -0.39 is 12.6 Å². The van der Waals surface area contributed by atoms with E-state index in [4.69, 9.17) is 0 Å². The number of anilines is 2. The van der Waals surface area contributed by atoms with Crippen LogP contribution in [-0.2, 0) is 0 Å². The summed E-state index contributed by atoms with van der Waals surface area (Å²) in [5, 5.41) is 5.79. The lowest BCUT2D eigenvalue weighted by atomic mass is 10.3. The topological polar surface area (TPSA) is 37.0 Å². The maximum absolute atomic E-state index is 11.9. The van der Waals surface area contributed by atoms with Crippen LogP contribution in [0.15, 0.2) is 18.5 Å². The maximum Gasteiger partial charge on any atom is 0.389 e. The number of hydrogen-bond acceptors (Lipinski definition) is 3. The molecule has 0 atom stereocenters. The lowest BCUT2D eigenvalue weighted by molar-refractivity contribution is -0.134. The molecule has 6 heteroatoms. The van der Waals surface area contributed by atoms with Crippen LogP contribution in [0.25, 0.3) is 0 Å². The Morgan fingerprint density at radius 1 is 1.25 bits per heavy atom. The fourth-order valence-electron chi connectivity index (χ4n) is 1.19. The molecule has 0 aromatic carbocycles. The Kier molecular flexibility index (Phi) is 4.39. The summed E-state index contributed by atoms with van der Waals surface area (Å²) in [6.45, 7) is 0.286. The molecule has 0 amide bonds. The van der Waals surface area contributed by atoms with E-state index in [2.05, 4.69) is 15.6 Å². The number of nitrogens with one attached hydrogen (secondary N) is 2. The first-order valence-electron chi connectivity index (χ1n) is 4.95. The van der Waals surface area contributed by atoms with Gasteiger partial charge in [-0.05, 0) is 12.5 Å². The molecule has 1 rings (SSSR count). The van der Waals surface area contributed by atoms with Gasteiger partial charge in [-0.2, -0.15) is 13.2 Å². The number of nitrogens with zero attached hydrogens (tertiary/aromatic N) is 1. The van der Waals surface area contributed by atoms with Crippen LogP contribution in [0.5, 0.6) is 0 Å². The van der Waals surface area contributed by atoms with Crippen molar-refractivity contribution in [2.45, 2.75) is 19.0 Å². The molecule has 3 nitrogen and oxygen atoms in total. The van der Waals surface area contributed by atoms with Crippen molar-refractivity contribution in [2.24, 2.45) is 0 Å². The van der Waals surface area contributed by atoms with Crippen LogP contribution in [0.3, 0.4) is 0 Å². The fraction of sp³-hybridized carbons (Fsp3) is 0.500. The van der Waals surface area contributed by atoms with Crippen LogP contribution in [0, 0.1) is 0 Å². The number of alkyl halides is 3. The minimum atomic E-state index is -4.08. The van der Waals surface area contributed by atoms with Gasteiger partial charge in [0.2, 0.25) is 0 Å². The van der Waals surface area contributed by atoms with Crippen LogP contribution in [-0.4, -0.2) is 24.8 Å². The van der Waals surface area contributed by atoms with E-state index in [0.717, 1.165) is 5.69 Å². The van der Waals surface area contributed by atoms with Crippen molar-refractivity contribution in [1.29, 1.82) is 0 Å². The van der Waals surface area contributed by atoms with E-state index in [1.165, 1.54) is 0 Å². The zero-order valence-electron chi connectivity index (χ0n) is 8.93. The van der Waals surface area contributed by atoms with Gasteiger partial charge in [0.05, 0.1) is 23.8 Å². The molecule has 0 fully saturated rings. The zero-order chi connectivity index (χ0) is 12.0. The molecular formula is C10H14F3N3. The molecule has 0 aliphatic carbocycles. The zero-order valence-corrected chi connectivity index (χ0v) is 8.93. The molecule has 1 heterocycles. The van der Waals surface area contributed by atoms with Crippen LogP contribution >= 0.6 is 0 Å². The summed E-state index contributed by atoms with van der Waals surface area (Å²) in [7, 11) is 1.75. The molecule has 2 N–H and O–H groups in total. The van der Waals surface area contributed by atoms with Crippen LogP contribution < -0.4 is 10.6 Å². The molecule has 0 aliphatic rings. The predicted octanol–water partition coefficient (Wildman–Crippen LogP) is 2.88. The van der Waals surface area contributed by atoms with Crippen molar-refractivity contribution in [1.82, 2.24) is 4.98 Å². The van der Waals surface area contributed by atoms with Crippen LogP contribution in [0.2, 0.25) is 0 Å². The van der Waals surface area contributed by atoms with Crippen molar-refractivity contribution >= 4 is 11.4 Å². The second kappa shape index (κ2) is 5.58. The van der Waals surface area contributed by atoms with Gasteiger partial charge in [0.25, 0.3) is 0 Å². The van der Waals surface area contributed by atoms with Gasteiger partial charge in [0, 0.05) is 20.0 Å². The SMILES string of the molecule is CNc1cncc(NCCCC(F)(F)F)c1. The molecular weight excluding hydrogens is 219 g/mol. The summed E-state index contributed by atoms with van der Waals surface area (Å²) < 4.78 is 35.6. The fourth-order valence-corrected chi connectivity index (χ4v) is 1.19. The largest absolute Gasteiger partial charge is 0.389 e. The highest BCUT2D eigenvalue weighted by Gasteiger charge is 2.25. The molecule has 0 aliphatic heterocycles. The molecule has 0 bridgehead atoms. The average Bonchev–Trinajstić information content (AvgIpc) is 2.23. The molecule has 0 saturated heterocycles. The molecule has 90 valence electrons. The molecule has 16 heavy (non-hydrogen) atoms. The first kappa shape index (κ1) is 12.6.